The summed E-state index contributed by atoms with van der Waals surface area (Å²) in [6.45, 7) is 3.68. The van der Waals surface area contributed by atoms with Crippen molar-refractivity contribution < 1.29 is 9.66 Å². The van der Waals surface area contributed by atoms with Gasteiger partial charge in [-0.3, -0.25) is 10.1 Å². The van der Waals surface area contributed by atoms with Gasteiger partial charge in [0.2, 0.25) is 0 Å². The zero-order valence-electron chi connectivity index (χ0n) is 9.92. The van der Waals surface area contributed by atoms with Crippen LogP contribution in [0.1, 0.15) is 6.92 Å². The predicted octanol–water partition coefficient (Wildman–Crippen LogP) is 1.04. The van der Waals surface area contributed by atoms with Gasteiger partial charge in [0, 0.05) is 20.2 Å². The van der Waals surface area contributed by atoms with Crippen LogP contribution in [0.3, 0.4) is 0 Å². The zero-order chi connectivity index (χ0) is 12.8. The van der Waals surface area contributed by atoms with E-state index in [0.29, 0.717) is 25.6 Å². The van der Waals surface area contributed by atoms with Gasteiger partial charge < -0.3 is 15.4 Å². The van der Waals surface area contributed by atoms with Crippen molar-refractivity contribution >= 4 is 17.3 Å². The van der Waals surface area contributed by atoms with E-state index in [2.05, 4.69) is 4.98 Å². The Labute approximate surface area is 99.3 Å². The Bertz CT molecular complexity index is 397. The molecule has 0 aliphatic carbocycles. The molecule has 0 radical (unpaired) electrons. The highest BCUT2D eigenvalue weighted by Gasteiger charge is 2.12. The van der Waals surface area contributed by atoms with Crippen LogP contribution in [-0.2, 0) is 4.74 Å². The van der Waals surface area contributed by atoms with Gasteiger partial charge in [0.1, 0.15) is 11.6 Å². The van der Waals surface area contributed by atoms with Crippen LogP contribution in [0.5, 0.6) is 0 Å². The van der Waals surface area contributed by atoms with Crippen LogP contribution in [0, 0.1) is 10.1 Å². The minimum atomic E-state index is -0.488. The van der Waals surface area contributed by atoms with Gasteiger partial charge in [-0.05, 0) is 6.92 Å². The quantitative estimate of drug-likeness (QED) is 0.453. The molecular formula is C10H16N4O3. The maximum Gasteiger partial charge on any atom is 0.276 e. The molecule has 0 fully saturated rings. The van der Waals surface area contributed by atoms with Gasteiger partial charge in [0.15, 0.2) is 0 Å². The maximum atomic E-state index is 10.7. The van der Waals surface area contributed by atoms with Crippen LogP contribution in [0.25, 0.3) is 0 Å². The molecule has 0 aliphatic rings. The number of nitrogen functional groups attached to an aromatic ring is 1. The SMILES string of the molecule is CCOCCN(C)c1cc([N+](=O)[O-])cc(N)n1. The van der Waals surface area contributed by atoms with Gasteiger partial charge in [0.05, 0.1) is 23.7 Å². The van der Waals surface area contributed by atoms with Gasteiger partial charge in [-0.25, -0.2) is 4.98 Å². The number of hydrogen-bond acceptors (Lipinski definition) is 6. The molecule has 7 nitrogen and oxygen atoms in total. The molecule has 0 spiro atoms. The second kappa shape index (κ2) is 6.00. The van der Waals surface area contributed by atoms with E-state index in [1.807, 2.05) is 6.92 Å². The molecule has 1 aromatic heterocycles. The third-order valence-electron chi connectivity index (χ3n) is 2.19. The van der Waals surface area contributed by atoms with Gasteiger partial charge in [-0.2, -0.15) is 0 Å². The molecule has 1 rings (SSSR count). The van der Waals surface area contributed by atoms with Crippen molar-refractivity contribution in [3.8, 4) is 0 Å². The summed E-state index contributed by atoms with van der Waals surface area (Å²) < 4.78 is 5.20. The lowest BCUT2D eigenvalue weighted by molar-refractivity contribution is -0.384. The van der Waals surface area contributed by atoms with Crippen LogP contribution < -0.4 is 10.6 Å². The minimum absolute atomic E-state index is 0.0595. The fourth-order valence-electron chi connectivity index (χ4n) is 1.28. The first-order valence-corrected chi connectivity index (χ1v) is 5.25. The third-order valence-corrected chi connectivity index (χ3v) is 2.19. The number of hydrogen-bond donors (Lipinski definition) is 1. The van der Waals surface area contributed by atoms with Crippen molar-refractivity contribution in [2.24, 2.45) is 0 Å². The van der Waals surface area contributed by atoms with Crippen molar-refractivity contribution in [1.82, 2.24) is 4.98 Å². The molecule has 1 aromatic rings. The number of likely N-dealkylation sites (N-methyl/N-ethyl adjacent to an activating group) is 1. The molecule has 94 valence electrons. The summed E-state index contributed by atoms with van der Waals surface area (Å²) in [5.41, 5.74) is 5.46. The number of nitrogens with zero attached hydrogens (tertiary/aromatic N) is 3. The topological polar surface area (TPSA) is 94.5 Å². The average molecular weight is 240 g/mol. The molecule has 0 aromatic carbocycles. The summed E-state index contributed by atoms with van der Waals surface area (Å²) in [5, 5.41) is 10.7. The lowest BCUT2D eigenvalue weighted by Crippen LogP contribution is -2.23. The van der Waals surface area contributed by atoms with Crippen molar-refractivity contribution in [2.45, 2.75) is 6.92 Å². The highest BCUT2D eigenvalue weighted by atomic mass is 16.6. The average Bonchev–Trinajstić information content (AvgIpc) is 2.28. The molecule has 2 N–H and O–H groups in total. The van der Waals surface area contributed by atoms with Crippen molar-refractivity contribution in [3.63, 3.8) is 0 Å². The van der Waals surface area contributed by atoms with E-state index in [1.165, 1.54) is 12.1 Å². The molecule has 0 bridgehead atoms. The first-order valence-electron chi connectivity index (χ1n) is 5.25. The van der Waals surface area contributed by atoms with Gasteiger partial charge in [-0.1, -0.05) is 0 Å². The van der Waals surface area contributed by atoms with E-state index in [1.54, 1.807) is 11.9 Å². The van der Waals surface area contributed by atoms with Crippen LogP contribution in [0.4, 0.5) is 17.3 Å². The zero-order valence-corrected chi connectivity index (χ0v) is 9.92. The maximum absolute atomic E-state index is 10.7. The van der Waals surface area contributed by atoms with E-state index in [-0.39, 0.29) is 11.5 Å². The number of rotatable bonds is 6. The molecule has 0 atom stereocenters. The van der Waals surface area contributed by atoms with E-state index in [9.17, 15) is 10.1 Å². The normalized spacial score (nSPS) is 10.2. The van der Waals surface area contributed by atoms with Crippen LogP contribution >= 0.6 is 0 Å². The molecule has 7 heteroatoms. The fraction of sp³-hybridized carbons (Fsp3) is 0.500. The van der Waals surface area contributed by atoms with E-state index in [0.717, 1.165) is 0 Å². The summed E-state index contributed by atoms with van der Waals surface area (Å²) in [6.07, 6.45) is 0. The van der Waals surface area contributed by atoms with Crippen LogP contribution in [-0.4, -0.2) is 36.7 Å². The lowest BCUT2D eigenvalue weighted by atomic mass is 10.3. The highest BCUT2D eigenvalue weighted by Crippen LogP contribution is 2.20. The molecule has 0 saturated carbocycles. The third kappa shape index (κ3) is 3.87. The first-order chi connectivity index (χ1) is 8.04. The Morgan fingerprint density at radius 3 is 2.88 bits per heavy atom. The number of nitrogens with two attached hydrogens (primary N) is 1. The molecule has 17 heavy (non-hydrogen) atoms. The van der Waals surface area contributed by atoms with Crippen LogP contribution in [0.15, 0.2) is 12.1 Å². The van der Waals surface area contributed by atoms with E-state index in [4.69, 9.17) is 10.5 Å². The number of ether oxygens (including phenoxy) is 1. The summed E-state index contributed by atoms with van der Waals surface area (Å²) in [6, 6.07) is 2.63. The number of nitro groups is 1. The lowest BCUT2D eigenvalue weighted by Gasteiger charge is -2.17. The Kier molecular flexibility index (Phi) is 4.65. The molecule has 1 heterocycles. The number of anilines is 2. The second-order valence-corrected chi connectivity index (χ2v) is 3.48. The van der Waals surface area contributed by atoms with Gasteiger partial charge in [0.25, 0.3) is 5.69 Å². The van der Waals surface area contributed by atoms with Crippen molar-refractivity contribution in [3.05, 3.63) is 22.2 Å². The van der Waals surface area contributed by atoms with E-state index < -0.39 is 4.92 Å². The van der Waals surface area contributed by atoms with Gasteiger partial charge in [-0.15, -0.1) is 0 Å². The molecule has 0 amide bonds. The largest absolute Gasteiger partial charge is 0.383 e. The standard InChI is InChI=1S/C10H16N4O3/c1-3-17-5-4-13(2)10-7-8(14(15)16)6-9(11)12-10/h6-7H,3-5H2,1-2H3,(H2,11,12). The Morgan fingerprint density at radius 2 is 2.29 bits per heavy atom. The Balaban J connectivity index is 2.78. The second-order valence-electron chi connectivity index (χ2n) is 3.48. The Morgan fingerprint density at radius 1 is 1.59 bits per heavy atom. The minimum Gasteiger partial charge on any atom is -0.383 e. The summed E-state index contributed by atoms with van der Waals surface area (Å²) in [5.74, 6) is 0.605. The van der Waals surface area contributed by atoms with E-state index >= 15 is 0 Å². The molecular weight excluding hydrogens is 224 g/mol. The summed E-state index contributed by atoms with van der Waals surface area (Å²) >= 11 is 0. The van der Waals surface area contributed by atoms with Gasteiger partial charge >= 0.3 is 0 Å². The Hall–Kier alpha value is -1.89. The number of aromatic nitrogens is 1. The monoisotopic (exact) mass is 240 g/mol. The molecule has 0 aliphatic heterocycles. The van der Waals surface area contributed by atoms with Crippen molar-refractivity contribution in [2.75, 3.05) is 37.4 Å². The summed E-state index contributed by atoms with van der Waals surface area (Å²) in [4.78, 5) is 16.0. The van der Waals surface area contributed by atoms with Crippen molar-refractivity contribution in [1.29, 1.82) is 0 Å². The fourth-order valence-corrected chi connectivity index (χ4v) is 1.28. The summed E-state index contributed by atoms with van der Waals surface area (Å²) in [7, 11) is 1.78. The highest BCUT2D eigenvalue weighted by molar-refractivity contribution is 5.53. The predicted molar refractivity (Wildman–Crippen MR) is 65.1 cm³/mol. The number of pyridine rings is 1. The molecule has 0 unspecified atom stereocenters. The molecule has 0 saturated heterocycles. The van der Waals surface area contributed by atoms with Crippen LogP contribution in [0.2, 0.25) is 0 Å². The smallest absolute Gasteiger partial charge is 0.276 e. The first kappa shape index (κ1) is 13.2.